The van der Waals surface area contributed by atoms with Crippen molar-refractivity contribution < 1.29 is 59.8 Å². The van der Waals surface area contributed by atoms with Crippen LogP contribution < -0.4 is 0 Å². The van der Waals surface area contributed by atoms with Crippen molar-refractivity contribution in [3.8, 4) is 0 Å². The predicted octanol–water partition coefficient (Wildman–Crippen LogP) is 13.0. The van der Waals surface area contributed by atoms with E-state index in [0.29, 0.717) is 10.8 Å². The number of nitrogens with zero attached hydrogens (tertiary/aromatic N) is 2. The van der Waals surface area contributed by atoms with Gasteiger partial charge < -0.3 is 0 Å². The van der Waals surface area contributed by atoms with Crippen molar-refractivity contribution in [1.29, 1.82) is 0 Å². The van der Waals surface area contributed by atoms with Crippen LogP contribution in [0.4, 0.5) is 0 Å². The Hall–Kier alpha value is 0.625. The van der Waals surface area contributed by atoms with Gasteiger partial charge in [-0.25, -0.2) is 0 Å². The average Bonchev–Trinajstić information content (AvgIpc) is 3.17. The summed E-state index contributed by atoms with van der Waals surface area (Å²) in [6.07, 6.45) is 23.2. The van der Waals surface area contributed by atoms with Crippen LogP contribution in [0.5, 0.6) is 0 Å². The number of rotatable bonds is 18. The zero-order chi connectivity index (χ0) is 36.5. The Morgan fingerprint density at radius 3 is 1.61 bits per heavy atom. The molecular formula is C44H78N2W3. The van der Waals surface area contributed by atoms with Gasteiger partial charge in [-0.05, 0) is 0 Å². The first-order chi connectivity index (χ1) is 22.3. The SMILES string of the molecule is CCCCC1(CCC)[C](=[W])N(CCCC(C)CC(C)(C)C)/C(C)=C/C2=C(/C=C/1C)N(CCC(C)CC(C)(C)C)[C](=[W])C2(CCC)CCC.[W]. The van der Waals surface area contributed by atoms with E-state index < -0.39 is 0 Å². The van der Waals surface area contributed by atoms with E-state index in [2.05, 4.69) is 119 Å². The summed E-state index contributed by atoms with van der Waals surface area (Å²) >= 11 is 3.35. The van der Waals surface area contributed by atoms with Crippen LogP contribution in [0, 0.1) is 33.5 Å². The molecule has 3 atom stereocenters. The fourth-order valence-corrected chi connectivity index (χ4v) is 13.3. The molecule has 2 nitrogen and oxygen atoms in total. The van der Waals surface area contributed by atoms with Crippen molar-refractivity contribution in [2.24, 2.45) is 33.5 Å². The van der Waals surface area contributed by atoms with Crippen molar-refractivity contribution in [1.82, 2.24) is 9.80 Å². The number of hydrogen-bond donors (Lipinski definition) is 0. The van der Waals surface area contributed by atoms with Crippen LogP contribution in [0.15, 0.2) is 34.7 Å². The number of allylic oxidation sites excluding steroid dienone is 3. The molecule has 0 aliphatic carbocycles. The van der Waals surface area contributed by atoms with Gasteiger partial charge in [0.25, 0.3) is 0 Å². The Balaban J connectivity index is 0.0000120. The zero-order valence-corrected chi connectivity index (χ0v) is 43.5. The summed E-state index contributed by atoms with van der Waals surface area (Å²) in [5, 5.41) is 0. The fourth-order valence-electron chi connectivity index (χ4n) is 9.30. The maximum Gasteiger partial charge on any atom is 0 e. The normalized spacial score (nSPS) is 23.6. The maximum absolute atomic E-state index is 2.87. The summed E-state index contributed by atoms with van der Waals surface area (Å²) in [5.74, 6) is 1.49. The monoisotopic (exact) mass is 1190 g/mol. The first-order valence-electron chi connectivity index (χ1n) is 20.1. The molecule has 0 N–H and O–H groups in total. The van der Waals surface area contributed by atoms with Crippen LogP contribution in [0.1, 0.15) is 187 Å². The van der Waals surface area contributed by atoms with Crippen molar-refractivity contribution in [2.75, 3.05) is 13.1 Å². The largest absolute Gasteiger partial charge is 0 e. The van der Waals surface area contributed by atoms with Gasteiger partial charge in [0.05, 0.1) is 0 Å². The van der Waals surface area contributed by atoms with Gasteiger partial charge in [0.15, 0.2) is 0 Å². The molecule has 0 spiro atoms. The Labute approximate surface area is 343 Å². The van der Waals surface area contributed by atoms with Crippen molar-refractivity contribution >= 4 is 8.04 Å². The van der Waals surface area contributed by atoms with Gasteiger partial charge in [0.2, 0.25) is 0 Å². The van der Waals surface area contributed by atoms with Gasteiger partial charge in [0.1, 0.15) is 0 Å². The summed E-state index contributed by atoms with van der Waals surface area (Å²) in [6.45, 7) is 36.4. The molecule has 5 heteroatoms. The molecule has 0 saturated heterocycles. The first-order valence-corrected chi connectivity index (χ1v) is 23.0. The van der Waals surface area contributed by atoms with E-state index in [4.69, 9.17) is 0 Å². The number of hydrogen-bond acceptors (Lipinski definition) is 2. The third-order valence-electron chi connectivity index (χ3n) is 11.1. The van der Waals surface area contributed by atoms with Crippen molar-refractivity contribution in [3.63, 3.8) is 0 Å². The molecule has 0 aromatic heterocycles. The third-order valence-corrected chi connectivity index (χ3v) is 15.5. The maximum atomic E-state index is 2.87. The summed E-state index contributed by atoms with van der Waals surface area (Å²) < 4.78 is 3.40. The molecule has 2 aliphatic heterocycles. The van der Waals surface area contributed by atoms with Crippen LogP contribution in [0.2, 0.25) is 0 Å². The van der Waals surface area contributed by atoms with E-state index in [-0.39, 0.29) is 31.9 Å². The van der Waals surface area contributed by atoms with Crippen LogP contribution in [0.25, 0.3) is 0 Å². The Morgan fingerprint density at radius 1 is 0.633 bits per heavy atom. The second-order valence-corrected chi connectivity index (χ2v) is 21.3. The quantitative estimate of drug-likeness (QED) is 0.135. The Morgan fingerprint density at radius 2 is 1.12 bits per heavy atom. The summed E-state index contributed by atoms with van der Waals surface area (Å²) in [6, 6.07) is 0. The van der Waals surface area contributed by atoms with Crippen molar-refractivity contribution in [3.05, 3.63) is 34.7 Å². The molecule has 3 unspecified atom stereocenters. The zero-order valence-electron chi connectivity index (χ0n) is 34.7. The molecule has 0 fully saturated rings. The van der Waals surface area contributed by atoms with Gasteiger partial charge in [0, 0.05) is 21.1 Å². The molecule has 0 amide bonds. The molecule has 0 bridgehead atoms. The average molecular weight is 1190 g/mol. The van der Waals surface area contributed by atoms with E-state index in [9.17, 15) is 0 Å². The molecule has 2 aliphatic rings. The molecule has 282 valence electrons. The minimum absolute atomic E-state index is 0. The predicted molar refractivity (Wildman–Crippen MR) is 207 cm³/mol. The minimum atomic E-state index is 0. The Kier molecular flexibility index (Phi) is 20.3. The van der Waals surface area contributed by atoms with Gasteiger partial charge in [-0.15, -0.1) is 0 Å². The molecule has 2 rings (SSSR count). The van der Waals surface area contributed by atoms with Gasteiger partial charge in [-0.2, -0.15) is 0 Å². The summed E-state index contributed by atoms with van der Waals surface area (Å²) in [4.78, 5) is 5.72. The van der Waals surface area contributed by atoms with Crippen LogP contribution in [-0.4, -0.2) is 30.9 Å². The van der Waals surface area contributed by atoms with Crippen molar-refractivity contribution in [2.45, 2.75) is 187 Å². The molecule has 0 radical (unpaired) electrons. The molecule has 2 heterocycles. The smallest absolute Gasteiger partial charge is 0 e. The number of unbranched alkanes of at least 4 members (excludes halogenated alkanes) is 1. The summed E-state index contributed by atoms with van der Waals surface area (Å²) in [7, 11) is 0. The van der Waals surface area contributed by atoms with Gasteiger partial charge >= 0.3 is 325 Å². The fraction of sp³-hybridized carbons (Fsp3) is 0.818. The van der Waals surface area contributed by atoms with E-state index >= 15 is 0 Å². The molecular weight excluding hydrogens is 1110 g/mol. The van der Waals surface area contributed by atoms with E-state index in [1.54, 1.807) is 63.6 Å². The Bertz CT molecular complexity index is 1160. The van der Waals surface area contributed by atoms with E-state index in [0.717, 1.165) is 24.9 Å². The van der Waals surface area contributed by atoms with Crippen LogP contribution in [-0.2, 0) is 59.8 Å². The minimum Gasteiger partial charge on any atom is 0 e. The molecule has 49 heavy (non-hydrogen) atoms. The van der Waals surface area contributed by atoms with Crippen LogP contribution >= 0.6 is 0 Å². The third kappa shape index (κ3) is 12.9. The molecule has 0 saturated carbocycles. The van der Waals surface area contributed by atoms with Gasteiger partial charge in [-0.3, -0.25) is 0 Å². The standard InChI is InChI=1S/C44H78N2.3W/c1-15-19-26-43(23-16-2)33-45(27-20-21-35(5)31-41(9,10)11)38(8)30-39-40(29-37(43)7)46(28-22-36(6)32-42(12,13)14)34-44(39,24-17-3)25-18-4;;;/h29-30,35-36H,15-28,31-32H2,1-14H3;;;/b37-29+,38-30+;;;. The van der Waals surface area contributed by atoms with E-state index in [1.165, 1.54) is 95.6 Å². The summed E-state index contributed by atoms with van der Waals surface area (Å²) in [5.41, 5.74) is 7.41. The second-order valence-electron chi connectivity index (χ2n) is 18.5. The molecule has 0 aromatic carbocycles. The molecule has 0 aromatic rings. The van der Waals surface area contributed by atoms with Gasteiger partial charge in [-0.1, -0.05) is 0 Å². The van der Waals surface area contributed by atoms with E-state index in [1.807, 2.05) is 0 Å². The van der Waals surface area contributed by atoms with Crippen LogP contribution in [0.3, 0.4) is 0 Å². The second kappa shape index (κ2) is 20.9. The topological polar surface area (TPSA) is 6.48 Å². The first kappa shape index (κ1) is 47.6.